The van der Waals surface area contributed by atoms with E-state index in [9.17, 15) is 4.79 Å². The van der Waals surface area contributed by atoms with Crippen LogP contribution in [-0.4, -0.2) is 24.9 Å². The lowest BCUT2D eigenvalue weighted by Gasteiger charge is -2.14. The Balaban J connectivity index is 2.56. The number of rotatable bonds is 2. The van der Waals surface area contributed by atoms with Gasteiger partial charge in [0.05, 0.1) is 0 Å². The van der Waals surface area contributed by atoms with Gasteiger partial charge in [-0.1, -0.05) is 49.0 Å². The van der Waals surface area contributed by atoms with Crippen LogP contribution in [0, 0.1) is 0 Å². The first kappa shape index (κ1) is 11.4. The number of fused-ring (bicyclic) bond motifs is 1. The molecule has 17 heavy (non-hydrogen) atoms. The van der Waals surface area contributed by atoms with Crippen LogP contribution in [0.25, 0.3) is 16.3 Å². The first-order chi connectivity index (χ1) is 8.11. The van der Waals surface area contributed by atoms with Gasteiger partial charge in [-0.3, -0.25) is 4.79 Å². The molecule has 0 aliphatic heterocycles. The van der Waals surface area contributed by atoms with Gasteiger partial charge in [0.25, 0.3) is 5.91 Å². The van der Waals surface area contributed by atoms with E-state index in [2.05, 4.69) is 6.58 Å². The molecule has 0 radical (unpaired) electrons. The maximum absolute atomic E-state index is 11.9. The Morgan fingerprint density at radius 2 is 1.71 bits per heavy atom. The van der Waals surface area contributed by atoms with Crippen LogP contribution >= 0.6 is 0 Å². The molecule has 0 saturated carbocycles. The molecule has 0 fully saturated rings. The SMILES string of the molecule is C=C(C(=O)N(C)C)c1cccc2ccccc12. The average Bonchev–Trinajstić information content (AvgIpc) is 2.36. The van der Waals surface area contributed by atoms with Crippen LogP contribution in [0.15, 0.2) is 49.0 Å². The summed E-state index contributed by atoms with van der Waals surface area (Å²) in [7, 11) is 3.47. The van der Waals surface area contributed by atoms with Gasteiger partial charge < -0.3 is 4.90 Å². The molecule has 0 heterocycles. The number of carbonyl (C=O) groups excluding carboxylic acids is 1. The summed E-state index contributed by atoms with van der Waals surface area (Å²) < 4.78 is 0. The quantitative estimate of drug-likeness (QED) is 0.720. The molecule has 0 aliphatic rings. The number of benzene rings is 2. The van der Waals surface area contributed by atoms with Crippen molar-refractivity contribution in [3.8, 4) is 0 Å². The lowest BCUT2D eigenvalue weighted by atomic mass is 9.98. The fourth-order valence-electron chi connectivity index (χ4n) is 1.87. The Kier molecular flexibility index (Phi) is 2.96. The van der Waals surface area contributed by atoms with Gasteiger partial charge in [-0.05, 0) is 16.3 Å². The minimum absolute atomic E-state index is 0.0543. The van der Waals surface area contributed by atoms with Crippen molar-refractivity contribution in [2.24, 2.45) is 0 Å². The number of hydrogen-bond acceptors (Lipinski definition) is 1. The van der Waals surface area contributed by atoms with E-state index in [4.69, 9.17) is 0 Å². The Labute approximate surface area is 101 Å². The molecule has 0 N–H and O–H groups in total. The Morgan fingerprint density at radius 1 is 1.06 bits per heavy atom. The van der Waals surface area contributed by atoms with E-state index in [0.29, 0.717) is 5.57 Å². The molecular formula is C15H15NO. The highest BCUT2D eigenvalue weighted by atomic mass is 16.2. The van der Waals surface area contributed by atoms with Crippen molar-refractivity contribution in [2.45, 2.75) is 0 Å². The van der Waals surface area contributed by atoms with E-state index in [1.54, 1.807) is 19.0 Å². The molecule has 2 rings (SSSR count). The van der Waals surface area contributed by atoms with Crippen molar-refractivity contribution < 1.29 is 4.79 Å². The predicted octanol–water partition coefficient (Wildman–Crippen LogP) is 2.94. The van der Waals surface area contributed by atoms with E-state index in [-0.39, 0.29) is 5.91 Å². The van der Waals surface area contributed by atoms with Crippen molar-refractivity contribution in [3.63, 3.8) is 0 Å². The number of likely N-dealkylation sites (N-methyl/N-ethyl adjacent to an activating group) is 1. The molecule has 0 aromatic heterocycles. The van der Waals surface area contributed by atoms with Crippen LogP contribution in [0.3, 0.4) is 0 Å². The maximum Gasteiger partial charge on any atom is 0.253 e. The van der Waals surface area contributed by atoms with Gasteiger partial charge in [0, 0.05) is 19.7 Å². The highest BCUT2D eigenvalue weighted by Gasteiger charge is 2.13. The summed E-state index contributed by atoms with van der Waals surface area (Å²) in [4.78, 5) is 13.5. The zero-order valence-corrected chi connectivity index (χ0v) is 10.1. The Hall–Kier alpha value is -2.09. The van der Waals surface area contributed by atoms with Gasteiger partial charge in [-0.15, -0.1) is 0 Å². The topological polar surface area (TPSA) is 20.3 Å². The molecule has 2 nitrogen and oxygen atoms in total. The first-order valence-electron chi connectivity index (χ1n) is 5.50. The smallest absolute Gasteiger partial charge is 0.253 e. The molecule has 1 amide bonds. The largest absolute Gasteiger partial charge is 0.345 e. The number of carbonyl (C=O) groups is 1. The minimum Gasteiger partial charge on any atom is -0.345 e. The summed E-state index contributed by atoms with van der Waals surface area (Å²) in [5, 5.41) is 2.19. The predicted molar refractivity (Wildman–Crippen MR) is 71.7 cm³/mol. The summed E-state index contributed by atoms with van der Waals surface area (Å²) in [6, 6.07) is 13.9. The van der Waals surface area contributed by atoms with Crippen molar-refractivity contribution in [1.29, 1.82) is 0 Å². The van der Waals surface area contributed by atoms with Crippen molar-refractivity contribution in [1.82, 2.24) is 4.90 Å². The summed E-state index contributed by atoms with van der Waals surface area (Å²) in [5.41, 5.74) is 1.44. The third kappa shape index (κ3) is 2.07. The standard InChI is InChI=1S/C15H15NO/c1-11(15(17)16(2)3)13-10-6-8-12-7-4-5-9-14(12)13/h4-10H,1H2,2-3H3. The van der Waals surface area contributed by atoms with Gasteiger partial charge in [0.1, 0.15) is 0 Å². The number of hydrogen-bond donors (Lipinski definition) is 0. The third-order valence-corrected chi connectivity index (χ3v) is 2.78. The van der Waals surface area contributed by atoms with Crippen LogP contribution in [-0.2, 0) is 4.79 Å². The molecule has 0 spiro atoms. The van der Waals surface area contributed by atoms with Gasteiger partial charge in [0.2, 0.25) is 0 Å². The Morgan fingerprint density at radius 3 is 2.41 bits per heavy atom. The summed E-state index contributed by atoms with van der Waals surface area (Å²) >= 11 is 0. The van der Waals surface area contributed by atoms with Crippen molar-refractivity contribution in [3.05, 3.63) is 54.6 Å². The average molecular weight is 225 g/mol. The van der Waals surface area contributed by atoms with Crippen LogP contribution in [0.4, 0.5) is 0 Å². The van der Waals surface area contributed by atoms with Gasteiger partial charge in [-0.2, -0.15) is 0 Å². The highest BCUT2D eigenvalue weighted by molar-refractivity contribution is 6.21. The van der Waals surface area contributed by atoms with Crippen LogP contribution in [0.5, 0.6) is 0 Å². The van der Waals surface area contributed by atoms with E-state index in [1.165, 1.54) is 0 Å². The zero-order valence-electron chi connectivity index (χ0n) is 10.1. The van der Waals surface area contributed by atoms with E-state index < -0.39 is 0 Å². The third-order valence-electron chi connectivity index (χ3n) is 2.78. The lowest BCUT2D eigenvalue weighted by Crippen LogP contribution is -2.22. The van der Waals surface area contributed by atoms with Gasteiger partial charge in [0.15, 0.2) is 0 Å². The maximum atomic E-state index is 11.9. The molecule has 2 heteroatoms. The van der Waals surface area contributed by atoms with E-state index in [1.807, 2.05) is 42.5 Å². The summed E-state index contributed by atoms with van der Waals surface area (Å²) in [6.45, 7) is 3.91. The van der Waals surface area contributed by atoms with Crippen LogP contribution in [0.1, 0.15) is 5.56 Å². The number of amides is 1. The molecule has 0 unspecified atom stereocenters. The molecule has 0 saturated heterocycles. The minimum atomic E-state index is -0.0543. The molecular weight excluding hydrogens is 210 g/mol. The highest BCUT2D eigenvalue weighted by Crippen LogP contribution is 2.24. The zero-order chi connectivity index (χ0) is 12.4. The molecule has 2 aromatic rings. The Bertz CT molecular complexity index is 579. The second-order valence-corrected chi connectivity index (χ2v) is 4.20. The fraction of sp³-hybridized carbons (Fsp3) is 0.133. The molecule has 0 bridgehead atoms. The summed E-state index contributed by atoms with van der Waals surface area (Å²) in [6.07, 6.45) is 0. The summed E-state index contributed by atoms with van der Waals surface area (Å²) in [5.74, 6) is -0.0543. The lowest BCUT2D eigenvalue weighted by molar-refractivity contribution is -0.122. The molecule has 0 atom stereocenters. The normalized spacial score (nSPS) is 10.2. The molecule has 0 aliphatic carbocycles. The molecule has 2 aromatic carbocycles. The van der Waals surface area contributed by atoms with Crippen LogP contribution < -0.4 is 0 Å². The van der Waals surface area contributed by atoms with Crippen molar-refractivity contribution in [2.75, 3.05) is 14.1 Å². The fourth-order valence-corrected chi connectivity index (χ4v) is 1.87. The second kappa shape index (κ2) is 4.42. The molecule has 86 valence electrons. The van der Waals surface area contributed by atoms with Gasteiger partial charge >= 0.3 is 0 Å². The monoisotopic (exact) mass is 225 g/mol. The second-order valence-electron chi connectivity index (χ2n) is 4.20. The van der Waals surface area contributed by atoms with E-state index in [0.717, 1.165) is 16.3 Å². The first-order valence-corrected chi connectivity index (χ1v) is 5.50. The van der Waals surface area contributed by atoms with Crippen molar-refractivity contribution >= 4 is 22.3 Å². The van der Waals surface area contributed by atoms with Crippen LogP contribution in [0.2, 0.25) is 0 Å². The number of nitrogens with zero attached hydrogens (tertiary/aromatic N) is 1. The van der Waals surface area contributed by atoms with E-state index >= 15 is 0 Å². The van der Waals surface area contributed by atoms with Gasteiger partial charge in [-0.25, -0.2) is 0 Å².